The van der Waals surface area contributed by atoms with E-state index in [9.17, 15) is 9.90 Å². The molecule has 0 saturated carbocycles. The number of esters is 1. The molecule has 164 valence electrons. The number of hydrogen-bond acceptors (Lipinski definition) is 6. The van der Waals surface area contributed by atoms with E-state index in [0.717, 1.165) is 17.5 Å². The first-order valence-electron chi connectivity index (χ1n) is 10.3. The normalized spacial score (nSPS) is 15.6. The SMILES string of the molecule is CC.CCOC(=O)C1COc2cc(CCNC[C@H](O)c3cccc(Cl)c3)ccc2O1. The molecule has 1 heterocycles. The molecule has 2 N–H and O–H groups in total. The molecule has 2 aromatic rings. The van der Waals surface area contributed by atoms with Crippen LogP contribution in [0.3, 0.4) is 0 Å². The van der Waals surface area contributed by atoms with Crippen molar-refractivity contribution in [2.24, 2.45) is 0 Å². The van der Waals surface area contributed by atoms with Gasteiger partial charge in [-0.05, 0) is 55.3 Å². The van der Waals surface area contributed by atoms with Gasteiger partial charge in [0.1, 0.15) is 6.61 Å². The van der Waals surface area contributed by atoms with Crippen molar-refractivity contribution in [3.05, 3.63) is 58.6 Å². The van der Waals surface area contributed by atoms with Crippen LogP contribution in [-0.4, -0.2) is 43.5 Å². The van der Waals surface area contributed by atoms with Crippen LogP contribution >= 0.6 is 11.6 Å². The molecule has 0 saturated heterocycles. The van der Waals surface area contributed by atoms with E-state index in [0.29, 0.717) is 36.2 Å². The fraction of sp³-hybridized carbons (Fsp3) is 0.435. The molecule has 3 rings (SSSR count). The van der Waals surface area contributed by atoms with Crippen LogP contribution in [0.15, 0.2) is 42.5 Å². The maximum Gasteiger partial charge on any atom is 0.350 e. The van der Waals surface area contributed by atoms with Crippen molar-refractivity contribution >= 4 is 17.6 Å². The summed E-state index contributed by atoms with van der Waals surface area (Å²) >= 11 is 5.95. The number of halogens is 1. The molecule has 0 aliphatic carbocycles. The topological polar surface area (TPSA) is 77.0 Å². The number of hydrogen-bond donors (Lipinski definition) is 2. The van der Waals surface area contributed by atoms with E-state index in [1.807, 2.05) is 38.1 Å². The molecule has 1 aliphatic heterocycles. The number of aliphatic hydroxyl groups is 1. The van der Waals surface area contributed by atoms with E-state index < -0.39 is 18.2 Å². The van der Waals surface area contributed by atoms with Crippen molar-refractivity contribution in [2.45, 2.75) is 39.4 Å². The van der Waals surface area contributed by atoms with Crippen molar-refractivity contribution in [1.82, 2.24) is 5.32 Å². The highest BCUT2D eigenvalue weighted by Crippen LogP contribution is 2.33. The zero-order valence-electron chi connectivity index (χ0n) is 17.7. The summed E-state index contributed by atoms with van der Waals surface area (Å²) in [6.45, 7) is 7.33. The Bertz CT molecular complexity index is 814. The Hall–Kier alpha value is -2.28. The maximum atomic E-state index is 11.8. The van der Waals surface area contributed by atoms with E-state index in [1.54, 1.807) is 25.1 Å². The van der Waals surface area contributed by atoms with Gasteiger partial charge in [-0.25, -0.2) is 4.79 Å². The lowest BCUT2D eigenvalue weighted by molar-refractivity contribution is -0.153. The van der Waals surface area contributed by atoms with Gasteiger partial charge >= 0.3 is 5.97 Å². The molecule has 2 aromatic carbocycles. The third-order valence-electron chi connectivity index (χ3n) is 4.38. The molecular weight excluding hydrogens is 406 g/mol. The minimum atomic E-state index is -0.729. The quantitative estimate of drug-likeness (QED) is 0.483. The zero-order valence-corrected chi connectivity index (χ0v) is 18.4. The Balaban J connectivity index is 0.00000155. The molecule has 0 spiro atoms. The molecule has 0 bridgehead atoms. The van der Waals surface area contributed by atoms with Gasteiger partial charge in [-0.15, -0.1) is 0 Å². The van der Waals surface area contributed by atoms with Crippen molar-refractivity contribution in [3.8, 4) is 11.5 Å². The number of nitrogens with one attached hydrogen (secondary N) is 1. The molecule has 0 aromatic heterocycles. The highest BCUT2D eigenvalue weighted by Gasteiger charge is 2.28. The number of rotatable bonds is 8. The van der Waals surface area contributed by atoms with Gasteiger partial charge in [0.15, 0.2) is 11.5 Å². The molecular formula is C23H30ClNO5. The second-order valence-corrected chi connectivity index (χ2v) is 6.91. The second-order valence-electron chi connectivity index (χ2n) is 6.48. The number of benzene rings is 2. The summed E-state index contributed by atoms with van der Waals surface area (Å²) in [6, 6.07) is 12.9. The zero-order chi connectivity index (χ0) is 21.9. The molecule has 6 nitrogen and oxygen atoms in total. The minimum Gasteiger partial charge on any atom is -0.485 e. The van der Waals surface area contributed by atoms with Gasteiger partial charge in [-0.1, -0.05) is 43.6 Å². The van der Waals surface area contributed by atoms with Gasteiger partial charge in [-0.3, -0.25) is 0 Å². The van der Waals surface area contributed by atoms with Gasteiger partial charge in [0.05, 0.1) is 12.7 Å². The third kappa shape index (κ3) is 6.90. The summed E-state index contributed by atoms with van der Waals surface area (Å²) in [5.41, 5.74) is 1.86. The van der Waals surface area contributed by atoms with Crippen LogP contribution in [0.4, 0.5) is 0 Å². The summed E-state index contributed by atoms with van der Waals surface area (Å²) in [5, 5.41) is 14.1. The average Bonchev–Trinajstić information content (AvgIpc) is 2.77. The Kier molecular flexibility index (Phi) is 9.94. The molecule has 7 heteroatoms. The molecule has 0 radical (unpaired) electrons. The molecule has 1 aliphatic rings. The smallest absolute Gasteiger partial charge is 0.350 e. The summed E-state index contributed by atoms with van der Waals surface area (Å²) in [5.74, 6) is 0.745. The minimum absolute atomic E-state index is 0.138. The first-order valence-corrected chi connectivity index (χ1v) is 10.7. The highest BCUT2D eigenvalue weighted by atomic mass is 35.5. The van der Waals surface area contributed by atoms with Crippen molar-refractivity contribution in [3.63, 3.8) is 0 Å². The van der Waals surface area contributed by atoms with Crippen LogP contribution in [-0.2, 0) is 16.0 Å². The molecule has 1 unspecified atom stereocenters. The standard InChI is InChI=1S/C21H24ClNO5.C2H6/c1-2-26-21(25)20-13-27-19-10-14(6-7-18(19)28-20)8-9-23-12-17(24)15-4-3-5-16(22)11-15;1-2/h3-7,10-11,17,20,23-24H,2,8-9,12-13H2,1H3;1-2H3/t17-,20?;/m0./s1. The van der Waals surface area contributed by atoms with Crippen molar-refractivity contribution in [1.29, 1.82) is 0 Å². The van der Waals surface area contributed by atoms with Crippen LogP contribution in [0.25, 0.3) is 0 Å². The van der Waals surface area contributed by atoms with Gasteiger partial charge in [0.25, 0.3) is 0 Å². The van der Waals surface area contributed by atoms with Crippen LogP contribution < -0.4 is 14.8 Å². The third-order valence-corrected chi connectivity index (χ3v) is 4.61. The molecule has 2 atom stereocenters. The number of aliphatic hydroxyl groups excluding tert-OH is 1. The first-order chi connectivity index (χ1) is 14.6. The van der Waals surface area contributed by atoms with Crippen LogP contribution in [0.2, 0.25) is 5.02 Å². The number of carbonyl (C=O) groups is 1. The summed E-state index contributed by atoms with van der Waals surface area (Å²) in [6.07, 6.45) is -0.577. The van der Waals surface area contributed by atoms with E-state index in [-0.39, 0.29) is 6.61 Å². The van der Waals surface area contributed by atoms with Crippen LogP contribution in [0, 0.1) is 0 Å². The number of ether oxygens (including phenoxy) is 3. The molecule has 0 fully saturated rings. The molecule has 0 amide bonds. The largest absolute Gasteiger partial charge is 0.485 e. The van der Waals surface area contributed by atoms with Gasteiger partial charge < -0.3 is 24.6 Å². The van der Waals surface area contributed by atoms with Gasteiger partial charge in [0, 0.05) is 11.6 Å². The predicted octanol–water partition coefficient (Wildman–Crippen LogP) is 3.93. The van der Waals surface area contributed by atoms with Crippen LogP contribution in [0.5, 0.6) is 11.5 Å². The second kappa shape index (κ2) is 12.4. The summed E-state index contributed by atoms with van der Waals surface area (Å²) in [7, 11) is 0. The maximum absolute atomic E-state index is 11.8. The van der Waals surface area contributed by atoms with E-state index in [1.165, 1.54) is 0 Å². The Morgan fingerprint density at radius 1 is 1.27 bits per heavy atom. The number of fused-ring (bicyclic) bond motifs is 1. The van der Waals surface area contributed by atoms with E-state index in [2.05, 4.69) is 5.32 Å². The average molecular weight is 436 g/mol. The lowest BCUT2D eigenvalue weighted by Crippen LogP contribution is -2.37. The lowest BCUT2D eigenvalue weighted by atomic mass is 10.1. The fourth-order valence-corrected chi connectivity index (χ4v) is 3.12. The summed E-state index contributed by atoms with van der Waals surface area (Å²) < 4.78 is 16.3. The highest BCUT2D eigenvalue weighted by molar-refractivity contribution is 6.30. The predicted molar refractivity (Wildman–Crippen MR) is 117 cm³/mol. The van der Waals surface area contributed by atoms with E-state index in [4.69, 9.17) is 25.8 Å². The monoisotopic (exact) mass is 435 g/mol. The van der Waals surface area contributed by atoms with Crippen molar-refractivity contribution < 1.29 is 24.1 Å². The lowest BCUT2D eigenvalue weighted by Gasteiger charge is -2.25. The van der Waals surface area contributed by atoms with E-state index >= 15 is 0 Å². The Morgan fingerprint density at radius 2 is 2.07 bits per heavy atom. The van der Waals surface area contributed by atoms with Gasteiger partial charge in [0.2, 0.25) is 6.10 Å². The van der Waals surface area contributed by atoms with Crippen LogP contribution in [0.1, 0.15) is 38.0 Å². The Morgan fingerprint density at radius 3 is 2.80 bits per heavy atom. The fourth-order valence-electron chi connectivity index (χ4n) is 2.93. The first kappa shape index (κ1) is 24.0. The van der Waals surface area contributed by atoms with Crippen molar-refractivity contribution in [2.75, 3.05) is 26.3 Å². The Labute approximate surface area is 183 Å². The van der Waals surface area contributed by atoms with Gasteiger partial charge in [-0.2, -0.15) is 0 Å². The number of carbonyl (C=O) groups excluding carboxylic acids is 1. The summed E-state index contributed by atoms with van der Waals surface area (Å²) in [4.78, 5) is 11.8. The molecule has 30 heavy (non-hydrogen) atoms.